The predicted molar refractivity (Wildman–Crippen MR) is 79.9 cm³/mol. The van der Waals surface area contributed by atoms with E-state index in [-0.39, 0.29) is 16.9 Å². The zero-order valence-electron chi connectivity index (χ0n) is 11.5. The number of carbonyl (C=O) groups excluding carboxylic acids is 2. The molecule has 0 aliphatic rings. The van der Waals surface area contributed by atoms with Gasteiger partial charge in [0.05, 0.1) is 5.56 Å². The fraction of sp³-hybridized carbons (Fsp3) is 0.385. The van der Waals surface area contributed by atoms with Crippen molar-refractivity contribution in [1.82, 2.24) is 21.2 Å². The van der Waals surface area contributed by atoms with Crippen LogP contribution in [-0.4, -0.2) is 21.9 Å². The number of unbranched alkanes of at least 4 members (excludes halogenated alkanes) is 1. The molecule has 1 aromatic heterocycles. The summed E-state index contributed by atoms with van der Waals surface area (Å²) in [5.41, 5.74) is 6.20. The van der Waals surface area contributed by atoms with Crippen molar-refractivity contribution in [1.29, 1.82) is 0 Å². The number of carbonyl (C=O) groups is 2. The van der Waals surface area contributed by atoms with Crippen molar-refractivity contribution in [2.75, 3.05) is 0 Å². The lowest BCUT2D eigenvalue weighted by molar-refractivity contribution is -0.117. The molecule has 7 heteroatoms. The Balaban J connectivity index is 2.47. The number of nitrogens with zero attached hydrogens (tertiary/aromatic N) is 1. The van der Waals surface area contributed by atoms with E-state index in [9.17, 15) is 9.59 Å². The molecule has 108 valence electrons. The van der Waals surface area contributed by atoms with Crippen LogP contribution in [0.3, 0.4) is 0 Å². The van der Waals surface area contributed by atoms with Crippen LogP contribution in [0.5, 0.6) is 0 Å². The molecule has 20 heavy (non-hydrogen) atoms. The van der Waals surface area contributed by atoms with Crippen molar-refractivity contribution in [3.05, 3.63) is 29.6 Å². The van der Waals surface area contributed by atoms with Crippen LogP contribution < -0.4 is 16.2 Å². The van der Waals surface area contributed by atoms with Crippen molar-refractivity contribution in [3.63, 3.8) is 0 Å². The summed E-state index contributed by atoms with van der Waals surface area (Å²) >= 11 is 4.79. The van der Waals surface area contributed by atoms with Crippen LogP contribution in [0, 0.1) is 0 Å². The summed E-state index contributed by atoms with van der Waals surface area (Å²) in [4.78, 5) is 26.7. The number of aromatic nitrogens is 1. The van der Waals surface area contributed by atoms with Gasteiger partial charge in [0.2, 0.25) is 5.91 Å². The van der Waals surface area contributed by atoms with E-state index in [2.05, 4.69) is 28.1 Å². The van der Waals surface area contributed by atoms with Crippen LogP contribution in [0.1, 0.15) is 42.7 Å². The molecule has 0 atom stereocenters. The minimum absolute atomic E-state index is 0.0402. The first-order chi connectivity index (χ1) is 9.52. The van der Waals surface area contributed by atoms with E-state index in [4.69, 9.17) is 12.2 Å². The Morgan fingerprint density at radius 1 is 1.30 bits per heavy atom. The van der Waals surface area contributed by atoms with Gasteiger partial charge < -0.3 is 5.32 Å². The third kappa shape index (κ3) is 5.75. The first-order valence-electron chi connectivity index (χ1n) is 6.35. The number of hydrogen-bond acceptors (Lipinski definition) is 4. The summed E-state index contributed by atoms with van der Waals surface area (Å²) in [7, 11) is 0. The second-order valence-corrected chi connectivity index (χ2v) is 4.64. The quantitative estimate of drug-likeness (QED) is 0.572. The van der Waals surface area contributed by atoms with E-state index < -0.39 is 0 Å². The Kier molecular flexibility index (Phi) is 6.58. The molecule has 3 N–H and O–H groups in total. The fourth-order valence-electron chi connectivity index (χ4n) is 1.44. The topological polar surface area (TPSA) is 83.1 Å². The van der Waals surface area contributed by atoms with Gasteiger partial charge in [-0.15, -0.1) is 0 Å². The van der Waals surface area contributed by atoms with Crippen molar-refractivity contribution >= 4 is 29.1 Å². The number of rotatable bonds is 4. The average molecular weight is 294 g/mol. The summed E-state index contributed by atoms with van der Waals surface area (Å²) in [6, 6.07) is 3.53. The number of thiocarbonyl (C=S) groups is 1. The Morgan fingerprint density at radius 3 is 2.60 bits per heavy atom. The summed E-state index contributed by atoms with van der Waals surface area (Å²) in [5.74, 6) is -0.675. The molecule has 0 fully saturated rings. The Bertz CT molecular complexity index is 488. The molecule has 0 saturated carbocycles. The Labute approximate surface area is 123 Å². The fourth-order valence-corrected chi connectivity index (χ4v) is 1.64. The second kappa shape index (κ2) is 8.21. The Hall–Kier alpha value is -2.02. The second-order valence-electron chi connectivity index (χ2n) is 4.23. The van der Waals surface area contributed by atoms with E-state index in [1.807, 2.05) is 6.07 Å². The lowest BCUT2D eigenvalue weighted by atomic mass is 10.1. The lowest BCUT2D eigenvalue weighted by Crippen LogP contribution is -2.48. The van der Waals surface area contributed by atoms with Gasteiger partial charge in [-0.3, -0.25) is 25.4 Å². The summed E-state index contributed by atoms with van der Waals surface area (Å²) in [5, 5.41) is 2.37. The molecule has 6 nitrogen and oxygen atoms in total. The van der Waals surface area contributed by atoms with Crippen molar-refractivity contribution in [2.24, 2.45) is 0 Å². The molecule has 1 aromatic rings. The van der Waals surface area contributed by atoms with E-state index in [1.165, 1.54) is 13.1 Å². The van der Waals surface area contributed by atoms with Crippen LogP contribution in [0.25, 0.3) is 0 Å². The van der Waals surface area contributed by atoms with Crippen LogP contribution in [-0.2, 0) is 11.2 Å². The standard InChI is InChI=1S/C13H18N4O2S/c1-3-4-5-11-7-6-10(8-14-11)12(19)16-17-13(20)15-9(2)18/h6-8H,3-5H2,1-2H3,(H,16,19)(H2,15,17,18,20). The highest BCUT2D eigenvalue weighted by Crippen LogP contribution is 2.04. The van der Waals surface area contributed by atoms with Gasteiger partial charge in [-0.05, 0) is 37.2 Å². The zero-order chi connectivity index (χ0) is 15.0. The highest BCUT2D eigenvalue weighted by molar-refractivity contribution is 7.80. The molecule has 0 saturated heterocycles. The molecule has 0 aliphatic carbocycles. The normalized spacial score (nSPS) is 9.70. The van der Waals surface area contributed by atoms with Crippen LogP contribution in [0.4, 0.5) is 0 Å². The third-order valence-electron chi connectivity index (χ3n) is 2.45. The highest BCUT2D eigenvalue weighted by Gasteiger charge is 2.06. The van der Waals surface area contributed by atoms with E-state index in [0.717, 1.165) is 25.0 Å². The minimum atomic E-state index is -0.368. The summed E-state index contributed by atoms with van der Waals surface area (Å²) in [6.45, 7) is 3.44. The first kappa shape index (κ1) is 16.0. The maximum absolute atomic E-state index is 11.8. The SMILES string of the molecule is CCCCc1ccc(C(=O)NNC(=S)NC(C)=O)cn1. The Morgan fingerprint density at radius 2 is 2.05 bits per heavy atom. The largest absolute Gasteiger partial charge is 0.302 e. The molecule has 0 spiro atoms. The average Bonchev–Trinajstić information content (AvgIpc) is 2.42. The summed E-state index contributed by atoms with van der Waals surface area (Å²) in [6.07, 6.45) is 4.60. The molecular weight excluding hydrogens is 276 g/mol. The maximum atomic E-state index is 11.8. The molecule has 0 aromatic carbocycles. The van der Waals surface area contributed by atoms with Crippen LogP contribution in [0.2, 0.25) is 0 Å². The van der Waals surface area contributed by atoms with Crippen LogP contribution in [0.15, 0.2) is 18.3 Å². The highest BCUT2D eigenvalue weighted by atomic mass is 32.1. The van der Waals surface area contributed by atoms with Crippen LogP contribution >= 0.6 is 12.2 Å². The predicted octanol–water partition coefficient (Wildman–Crippen LogP) is 1.08. The van der Waals surface area contributed by atoms with E-state index >= 15 is 0 Å². The lowest BCUT2D eigenvalue weighted by Gasteiger charge is -2.09. The van der Waals surface area contributed by atoms with Crippen molar-refractivity contribution in [2.45, 2.75) is 33.1 Å². The molecule has 0 unspecified atom stereocenters. The smallest absolute Gasteiger partial charge is 0.271 e. The van der Waals surface area contributed by atoms with Gasteiger partial charge in [-0.2, -0.15) is 0 Å². The molecule has 1 heterocycles. The van der Waals surface area contributed by atoms with Gasteiger partial charge >= 0.3 is 0 Å². The van der Waals surface area contributed by atoms with Gasteiger partial charge in [0.1, 0.15) is 0 Å². The third-order valence-corrected chi connectivity index (χ3v) is 2.66. The number of pyridine rings is 1. The molecule has 0 aliphatic heterocycles. The molecule has 0 bridgehead atoms. The van der Waals surface area contributed by atoms with E-state index in [1.54, 1.807) is 6.07 Å². The minimum Gasteiger partial charge on any atom is -0.302 e. The molecule has 1 rings (SSSR count). The van der Waals surface area contributed by atoms with Crippen molar-refractivity contribution < 1.29 is 9.59 Å². The number of hydrogen-bond donors (Lipinski definition) is 3. The molecule has 0 radical (unpaired) electrons. The van der Waals surface area contributed by atoms with Gasteiger partial charge in [-0.25, -0.2) is 0 Å². The monoisotopic (exact) mass is 294 g/mol. The van der Waals surface area contributed by atoms with Crippen molar-refractivity contribution in [3.8, 4) is 0 Å². The van der Waals surface area contributed by atoms with Gasteiger partial charge in [0, 0.05) is 18.8 Å². The van der Waals surface area contributed by atoms with Gasteiger partial charge in [-0.1, -0.05) is 13.3 Å². The number of aryl methyl sites for hydroxylation is 1. The number of amides is 2. The first-order valence-corrected chi connectivity index (χ1v) is 6.76. The van der Waals surface area contributed by atoms with Gasteiger partial charge in [0.15, 0.2) is 5.11 Å². The zero-order valence-corrected chi connectivity index (χ0v) is 12.3. The van der Waals surface area contributed by atoms with E-state index in [0.29, 0.717) is 5.56 Å². The summed E-state index contributed by atoms with van der Waals surface area (Å²) < 4.78 is 0. The molecular formula is C13H18N4O2S. The van der Waals surface area contributed by atoms with Gasteiger partial charge in [0.25, 0.3) is 5.91 Å². The molecule has 2 amide bonds. The number of hydrazine groups is 1. The number of nitrogens with one attached hydrogen (secondary N) is 3. The maximum Gasteiger partial charge on any atom is 0.271 e.